The van der Waals surface area contributed by atoms with E-state index in [4.69, 9.17) is 5.11 Å². The van der Waals surface area contributed by atoms with Gasteiger partial charge in [0.15, 0.2) is 0 Å². The Hall–Kier alpha value is -7.02. The monoisotopic (exact) mass is 1280 g/mol. The van der Waals surface area contributed by atoms with Crippen LogP contribution in [0.15, 0.2) is 48.5 Å². The molecule has 1 saturated heterocycles. The lowest BCUT2D eigenvalue weighted by atomic mass is 10.1. The molecule has 0 aromatic heterocycles. The Balaban J connectivity index is 1.33. The number of nitrogens with one attached hydrogen (secondary N) is 5. The number of hydrogen-bond acceptors (Lipinski definition) is 15. The second-order valence-electron chi connectivity index (χ2n) is 20.3. The van der Waals surface area contributed by atoms with E-state index in [0.29, 0.717) is 89.8 Å². The molecule has 460 valence electrons. The quantitative estimate of drug-likeness (QED) is 0.0338. The standard InChI is InChI=1S/C55H81IN10O17/c56-42-18-14-40(15-19-42)34-66(24-8-5-9-43(53(79)80)60-55(83)61-44(54(81)82)20-21-48(70)71)47(69)11-4-2-1-3-10-45(67)57-22-6-7-23-58-52(78)41-16-12-39(13-17-41)33-59-46(68)35-62-25-27-63(36-49(72)73)29-31-65(38-51(76)77)32-30-64(28-26-62)37-50(74)75/h12-19,43-44H,1-11,20-38H2,(H,57,67)(H,58,78)(H,59,68)(H,70,71)(H,72,73)(H,74,75)(H,76,77)(H,79,80)(H,81,82)(H2,60,61,83). The Bertz CT molecular complexity index is 2410. The fourth-order valence-corrected chi connectivity index (χ4v) is 9.22. The number of halogens is 1. The van der Waals surface area contributed by atoms with E-state index in [0.717, 1.165) is 27.5 Å². The lowest BCUT2D eigenvalue weighted by molar-refractivity contribution is -0.141. The predicted molar refractivity (Wildman–Crippen MR) is 309 cm³/mol. The number of unbranched alkanes of at least 4 members (excludes halogenated alkanes) is 5. The van der Waals surface area contributed by atoms with Crippen molar-refractivity contribution < 1.29 is 83.4 Å². The Morgan fingerprint density at radius 2 is 0.940 bits per heavy atom. The normalized spacial score (nSPS) is 14.6. The molecule has 1 heterocycles. The van der Waals surface area contributed by atoms with Gasteiger partial charge in [-0.1, -0.05) is 37.1 Å². The molecule has 1 aliphatic heterocycles. The zero-order chi connectivity index (χ0) is 61.1. The van der Waals surface area contributed by atoms with Gasteiger partial charge in [0.1, 0.15) is 12.1 Å². The van der Waals surface area contributed by atoms with Gasteiger partial charge in [-0.25, -0.2) is 14.4 Å². The van der Waals surface area contributed by atoms with Gasteiger partial charge in [-0.3, -0.25) is 58.0 Å². The first-order chi connectivity index (χ1) is 39.6. The summed E-state index contributed by atoms with van der Waals surface area (Å²) in [5, 5.41) is 69.2. The van der Waals surface area contributed by atoms with Crippen molar-refractivity contribution in [1.82, 2.24) is 51.1 Å². The summed E-state index contributed by atoms with van der Waals surface area (Å²) in [5.74, 6) is -7.95. The third kappa shape index (κ3) is 31.8. The van der Waals surface area contributed by atoms with Crippen LogP contribution >= 0.6 is 22.6 Å². The number of carbonyl (C=O) groups excluding carboxylic acids is 5. The molecule has 27 nitrogen and oxygen atoms in total. The number of rotatable bonds is 37. The topological polar surface area (TPSA) is 386 Å². The number of hydrogen-bond donors (Lipinski definition) is 11. The molecule has 0 radical (unpaired) electrons. The van der Waals surface area contributed by atoms with Gasteiger partial charge in [0.25, 0.3) is 5.91 Å². The number of carbonyl (C=O) groups is 11. The molecule has 3 rings (SSSR count). The van der Waals surface area contributed by atoms with Gasteiger partial charge in [-0.05, 0) is 109 Å². The highest BCUT2D eigenvalue weighted by atomic mass is 127. The van der Waals surface area contributed by atoms with Crippen molar-refractivity contribution in [3.8, 4) is 0 Å². The molecule has 1 fully saturated rings. The molecule has 83 heavy (non-hydrogen) atoms. The summed E-state index contributed by atoms with van der Waals surface area (Å²) < 4.78 is 1.03. The van der Waals surface area contributed by atoms with Crippen molar-refractivity contribution in [1.29, 1.82) is 0 Å². The summed E-state index contributed by atoms with van der Waals surface area (Å²) in [5.41, 5.74) is 2.08. The summed E-state index contributed by atoms with van der Waals surface area (Å²) in [6.07, 6.45) is 4.38. The highest BCUT2D eigenvalue weighted by Gasteiger charge is 2.26. The van der Waals surface area contributed by atoms with Crippen LogP contribution in [-0.4, -0.2) is 231 Å². The van der Waals surface area contributed by atoms with E-state index >= 15 is 0 Å². The lowest BCUT2D eigenvalue weighted by Gasteiger charge is -2.32. The van der Waals surface area contributed by atoms with Crippen LogP contribution in [0.4, 0.5) is 4.79 Å². The Labute approximate surface area is 496 Å². The van der Waals surface area contributed by atoms with E-state index in [-0.39, 0.29) is 115 Å². The molecule has 28 heteroatoms. The van der Waals surface area contributed by atoms with E-state index in [1.54, 1.807) is 43.9 Å². The predicted octanol–water partition coefficient (Wildman–Crippen LogP) is 1.62. The summed E-state index contributed by atoms with van der Waals surface area (Å²) >= 11 is 2.19. The molecule has 0 aliphatic carbocycles. The molecule has 2 unspecified atom stereocenters. The van der Waals surface area contributed by atoms with E-state index < -0.39 is 60.4 Å². The third-order valence-corrected chi connectivity index (χ3v) is 14.2. The van der Waals surface area contributed by atoms with Crippen LogP contribution in [0, 0.1) is 3.57 Å². The van der Waals surface area contributed by atoms with Crippen molar-refractivity contribution >= 4 is 88.1 Å². The molecular weight excluding hydrogens is 1200 g/mol. The molecule has 11 N–H and O–H groups in total. The average Bonchev–Trinajstić information content (AvgIpc) is 3.48. The van der Waals surface area contributed by atoms with Crippen molar-refractivity contribution in [3.05, 3.63) is 68.8 Å². The summed E-state index contributed by atoms with van der Waals surface area (Å²) in [6, 6.07) is 10.5. The second kappa shape index (κ2) is 39.5. The number of urea groups is 1. The van der Waals surface area contributed by atoms with Crippen LogP contribution in [0.25, 0.3) is 0 Å². The number of nitrogens with zero attached hydrogens (tertiary/aromatic N) is 5. The van der Waals surface area contributed by atoms with Crippen LogP contribution in [0.2, 0.25) is 0 Å². The maximum Gasteiger partial charge on any atom is 0.326 e. The number of carboxylic acids is 6. The fraction of sp³-hybridized carbons (Fsp3) is 0.582. The first kappa shape index (κ1) is 70.2. The first-order valence-electron chi connectivity index (χ1n) is 27.8. The maximum atomic E-state index is 13.4. The zero-order valence-electron chi connectivity index (χ0n) is 46.8. The van der Waals surface area contributed by atoms with E-state index in [1.165, 1.54) is 0 Å². The SMILES string of the molecule is O=C(O)CCC(NC(=O)NC(CCCCN(Cc1ccc(I)cc1)C(=O)CCCCCCC(=O)NCCCCNC(=O)c1ccc(CNC(=O)CN2CCN(CC(=O)O)CCN(CC(=O)O)CCN(CC(=O)O)CC2)cc1)C(=O)O)C(=O)O. The molecule has 2 atom stereocenters. The molecule has 2 aromatic carbocycles. The van der Waals surface area contributed by atoms with Crippen molar-refractivity contribution in [2.24, 2.45) is 0 Å². The molecule has 0 spiro atoms. The molecular formula is C55H81IN10O17. The third-order valence-electron chi connectivity index (χ3n) is 13.5. The first-order valence-corrected chi connectivity index (χ1v) is 28.9. The smallest absolute Gasteiger partial charge is 0.326 e. The van der Waals surface area contributed by atoms with Crippen molar-refractivity contribution in [2.45, 2.75) is 109 Å². The van der Waals surface area contributed by atoms with Crippen LogP contribution in [-0.2, 0) is 56.2 Å². The second-order valence-corrected chi connectivity index (χ2v) is 21.5. The van der Waals surface area contributed by atoms with Crippen molar-refractivity contribution in [2.75, 3.05) is 98.2 Å². The molecule has 0 saturated carbocycles. The lowest BCUT2D eigenvalue weighted by Crippen LogP contribution is -2.51. The van der Waals surface area contributed by atoms with Gasteiger partial charge in [0.05, 0.1) is 26.2 Å². The minimum Gasteiger partial charge on any atom is -0.481 e. The molecule has 0 bridgehead atoms. The minimum atomic E-state index is -1.52. The number of benzene rings is 2. The van der Waals surface area contributed by atoms with Gasteiger partial charge in [-0.2, -0.15) is 0 Å². The van der Waals surface area contributed by atoms with Crippen LogP contribution in [0.3, 0.4) is 0 Å². The Kier molecular flexibility index (Phi) is 33.4. The van der Waals surface area contributed by atoms with Gasteiger partial charge in [0.2, 0.25) is 17.7 Å². The highest BCUT2D eigenvalue weighted by molar-refractivity contribution is 14.1. The summed E-state index contributed by atoms with van der Waals surface area (Å²) in [4.78, 5) is 142. The van der Waals surface area contributed by atoms with Crippen LogP contribution < -0.4 is 26.6 Å². The molecule has 6 amide bonds. The van der Waals surface area contributed by atoms with Gasteiger partial charge in [-0.15, -0.1) is 0 Å². The minimum absolute atomic E-state index is 0.00429. The van der Waals surface area contributed by atoms with E-state index in [9.17, 15) is 78.3 Å². The van der Waals surface area contributed by atoms with E-state index in [1.807, 2.05) is 29.2 Å². The number of amides is 6. The average molecular weight is 1280 g/mol. The fourth-order valence-electron chi connectivity index (χ4n) is 8.86. The molecule has 1 aliphatic rings. The molecule has 2 aromatic rings. The Morgan fingerprint density at radius 1 is 0.470 bits per heavy atom. The van der Waals surface area contributed by atoms with E-state index in [2.05, 4.69) is 49.2 Å². The van der Waals surface area contributed by atoms with Crippen molar-refractivity contribution in [3.63, 3.8) is 0 Å². The summed E-state index contributed by atoms with van der Waals surface area (Å²) in [6.45, 7) is 3.01. The van der Waals surface area contributed by atoms with Crippen LogP contribution in [0.1, 0.15) is 105 Å². The zero-order valence-corrected chi connectivity index (χ0v) is 48.9. The highest BCUT2D eigenvalue weighted by Crippen LogP contribution is 2.15. The van der Waals surface area contributed by atoms with Gasteiger partial charge < -0.3 is 62.1 Å². The van der Waals surface area contributed by atoms with Gasteiger partial charge >= 0.3 is 41.8 Å². The Morgan fingerprint density at radius 3 is 1.43 bits per heavy atom. The number of aliphatic carboxylic acids is 6. The number of carboxylic acid groups (broad SMARTS) is 6. The van der Waals surface area contributed by atoms with Gasteiger partial charge in [0, 0.05) is 113 Å². The van der Waals surface area contributed by atoms with Crippen LogP contribution in [0.5, 0.6) is 0 Å². The maximum absolute atomic E-state index is 13.4. The summed E-state index contributed by atoms with van der Waals surface area (Å²) in [7, 11) is 0. The largest absolute Gasteiger partial charge is 0.481 e.